The average molecular weight is 402 g/mol. The van der Waals surface area contributed by atoms with Crippen molar-refractivity contribution >= 4 is 22.5 Å². The van der Waals surface area contributed by atoms with Crippen LogP contribution in [0.1, 0.15) is 35.6 Å². The zero-order chi connectivity index (χ0) is 19.5. The van der Waals surface area contributed by atoms with Gasteiger partial charge in [0.1, 0.15) is 16.4 Å². The van der Waals surface area contributed by atoms with E-state index in [1.165, 1.54) is 11.1 Å². The van der Waals surface area contributed by atoms with Crippen molar-refractivity contribution < 1.29 is 4.52 Å². The van der Waals surface area contributed by atoms with Gasteiger partial charge >= 0.3 is 0 Å². The van der Waals surface area contributed by atoms with Crippen molar-refractivity contribution in [2.45, 2.75) is 25.8 Å². The number of hydrogen-bond donors (Lipinski definition) is 0. The highest BCUT2D eigenvalue weighted by atomic mass is 32.1. The number of benzene rings is 1. The molecule has 3 heterocycles. The molecule has 146 valence electrons. The summed E-state index contributed by atoms with van der Waals surface area (Å²) in [6.07, 6.45) is 12.0. The van der Waals surface area contributed by atoms with E-state index in [0.29, 0.717) is 0 Å². The van der Waals surface area contributed by atoms with Gasteiger partial charge in [0.25, 0.3) is 0 Å². The van der Waals surface area contributed by atoms with E-state index in [1.807, 2.05) is 6.07 Å². The Labute approximate surface area is 174 Å². The van der Waals surface area contributed by atoms with E-state index in [-0.39, 0.29) is 0 Å². The number of rotatable bonds is 5. The highest BCUT2D eigenvalue weighted by molar-refractivity contribution is 7.11. The maximum Gasteiger partial charge on any atom is 0.167 e. The SMILES string of the molecule is C1=CC(c2cc(-c3csc(C4=CCN(Cc5ccccc5)CC4)n3)no2)=CCC1. The summed E-state index contributed by atoms with van der Waals surface area (Å²) in [5.74, 6) is 0.818. The highest BCUT2D eigenvalue weighted by Gasteiger charge is 2.18. The fourth-order valence-electron chi connectivity index (χ4n) is 3.76. The lowest BCUT2D eigenvalue weighted by molar-refractivity contribution is 0.294. The fourth-order valence-corrected chi connectivity index (χ4v) is 4.64. The molecule has 29 heavy (non-hydrogen) atoms. The lowest BCUT2D eigenvalue weighted by Crippen LogP contribution is -2.27. The van der Waals surface area contributed by atoms with Crippen LogP contribution in [0.4, 0.5) is 0 Å². The summed E-state index contributed by atoms with van der Waals surface area (Å²) in [5, 5.41) is 7.43. The van der Waals surface area contributed by atoms with Crippen LogP contribution in [-0.4, -0.2) is 28.1 Å². The monoisotopic (exact) mass is 401 g/mol. The van der Waals surface area contributed by atoms with Gasteiger partial charge < -0.3 is 4.52 Å². The van der Waals surface area contributed by atoms with E-state index in [2.05, 4.69) is 70.1 Å². The first-order valence-corrected chi connectivity index (χ1v) is 11.0. The third kappa shape index (κ3) is 4.16. The summed E-state index contributed by atoms with van der Waals surface area (Å²) in [4.78, 5) is 7.32. The molecule has 0 spiro atoms. The molecule has 0 saturated carbocycles. The third-order valence-corrected chi connectivity index (χ3v) is 6.29. The number of allylic oxidation sites excluding steroid dienone is 4. The Morgan fingerprint density at radius 1 is 1.07 bits per heavy atom. The number of aromatic nitrogens is 2. The molecule has 0 N–H and O–H groups in total. The minimum atomic E-state index is 0.810. The van der Waals surface area contributed by atoms with Crippen LogP contribution in [0.15, 0.2) is 70.6 Å². The van der Waals surface area contributed by atoms with Crippen molar-refractivity contribution in [2.75, 3.05) is 13.1 Å². The van der Waals surface area contributed by atoms with Crippen molar-refractivity contribution in [2.24, 2.45) is 0 Å². The smallest absolute Gasteiger partial charge is 0.167 e. The number of thiazole rings is 1. The first-order chi connectivity index (χ1) is 14.3. The second kappa shape index (κ2) is 8.31. The Morgan fingerprint density at radius 2 is 2.00 bits per heavy atom. The molecular weight excluding hydrogens is 378 g/mol. The molecule has 1 aromatic carbocycles. The summed E-state index contributed by atoms with van der Waals surface area (Å²) in [7, 11) is 0. The quantitative estimate of drug-likeness (QED) is 0.540. The van der Waals surface area contributed by atoms with Gasteiger partial charge in [-0.1, -0.05) is 59.8 Å². The lowest BCUT2D eigenvalue weighted by Gasteiger charge is -2.25. The van der Waals surface area contributed by atoms with Crippen LogP contribution in [0.5, 0.6) is 0 Å². The maximum absolute atomic E-state index is 5.56. The molecule has 0 atom stereocenters. The lowest BCUT2D eigenvalue weighted by atomic mass is 10.0. The molecule has 5 rings (SSSR count). The molecule has 5 heteroatoms. The van der Waals surface area contributed by atoms with Gasteiger partial charge in [-0.3, -0.25) is 4.90 Å². The average Bonchev–Trinajstić information content (AvgIpc) is 3.46. The van der Waals surface area contributed by atoms with E-state index >= 15 is 0 Å². The molecule has 0 bridgehead atoms. The van der Waals surface area contributed by atoms with Gasteiger partial charge in [0.15, 0.2) is 5.76 Å². The van der Waals surface area contributed by atoms with E-state index in [1.54, 1.807) is 11.3 Å². The molecule has 2 aliphatic rings. The summed E-state index contributed by atoms with van der Waals surface area (Å²) < 4.78 is 5.56. The summed E-state index contributed by atoms with van der Waals surface area (Å²) in [5.41, 5.74) is 5.52. The minimum Gasteiger partial charge on any atom is -0.356 e. The molecule has 4 nitrogen and oxygen atoms in total. The van der Waals surface area contributed by atoms with Crippen molar-refractivity contribution in [3.05, 3.63) is 82.4 Å². The molecule has 2 aromatic heterocycles. The minimum absolute atomic E-state index is 0.810. The summed E-state index contributed by atoms with van der Waals surface area (Å²) >= 11 is 1.69. The van der Waals surface area contributed by atoms with Crippen LogP contribution in [0, 0.1) is 0 Å². The first kappa shape index (κ1) is 18.3. The Bertz CT molecular complexity index is 1070. The number of hydrogen-bond acceptors (Lipinski definition) is 5. The molecule has 0 unspecified atom stereocenters. The van der Waals surface area contributed by atoms with Crippen molar-refractivity contribution in [1.82, 2.24) is 15.0 Å². The van der Waals surface area contributed by atoms with Gasteiger partial charge in [-0.2, -0.15) is 0 Å². The number of nitrogens with zero attached hydrogens (tertiary/aromatic N) is 3. The van der Waals surface area contributed by atoms with Crippen LogP contribution in [-0.2, 0) is 6.54 Å². The Hall–Kier alpha value is -2.76. The van der Waals surface area contributed by atoms with Gasteiger partial charge in [-0.15, -0.1) is 11.3 Å². The zero-order valence-corrected chi connectivity index (χ0v) is 17.1. The van der Waals surface area contributed by atoms with Crippen molar-refractivity contribution in [3.63, 3.8) is 0 Å². The van der Waals surface area contributed by atoms with Crippen molar-refractivity contribution in [3.8, 4) is 11.4 Å². The molecule has 0 amide bonds. The predicted molar refractivity (Wildman–Crippen MR) is 118 cm³/mol. The van der Waals surface area contributed by atoms with Gasteiger partial charge in [0, 0.05) is 36.7 Å². The van der Waals surface area contributed by atoms with E-state index in [0.717, 1.165) is 66.6 Å². The van der Waals surface area contributed by atoms with Gasteiger partial charge in [-0.25, -0.2) is 4.98 Å². The predicted octanol–water partition coefficient (Wildman–Crippen LogP) is 5.82. The first-order valence-electron chi connectivity index (χ1n) is 10.1. The molecular formula is C24H23N3OS. The largest absolute Gasteiger partial charge is 0.356 e. The molecule has 0 fully saturated rings. The summed E-state index contributed by atoms with van der Waals surface area (Å²) in [6, 6.07) is 12.7. The maximum atomic E-state index is 5.56. The van der Waals surface area contributed by atoms with Crippen LogP contribution in [0.25, 0.3) is 22.5 Å². The molecule has 0 radical (unpaired) electrons. The van der Waals surface area contributed by atoms with Crippen LogP contribution in [0.3, 0.4) is 0 Å². The molecule has 1 aliphatic heterocycles. The molecule has 0 saturated heterocycles. The van der Waals surface area contributed by atoms with Crippen molar-refractivity contribution in [1.29, 1.82) is 0 Å². The van der Waals surface area contributed by atoms with Crippen LogP contribution >= 0.6 is 11.3 Å². The standard InChI is InChI=1S/C24H23N3OS/c1-3-7-18(8-4-1)16-27-13-11-20(12-14-27)24-25-22(17-29-24)21-15-23(28-26-21)19-9-5-2-6-10-19/h1,3-5,7-11,15,17H,2,6,12-14,16H2. The third-order valence-electron chi connectivity index (χ3n) is 5.37. The second-order valence-electron chi connectivity index (χ2n) is 7.45. The topological polar surface area (TPSA) is 42.2 Å². The Kier molecular flexibility index (Phi) is 5.24. The zero-order valence-electron chi connectivity index (χ0n) is 16.3. The molecule has 1 aliphatic carbocycles. The Morgan fingerprint density at radius 3 is 2.79 bits per heavy atom. The van der Waals surface area contributed by atoms with Crippen LogP contribution in [0.2, 0.25) is 0 Å². The molecule has 3 aromatic rings. The fraction of sp³-hybridized carbons (Fsp3) is 0.250. The highest BCUT2D eigenvalue weighted by Crippen LogP contribution is 2.31. The summed E-state index contributed by atoms with van der Waals surface area (Å²) in [6.45, 7) is 3.03. The normalized spacial score (nSPS) is 17.2. The van der Waals surface area contributed by atoms with Gasteiger partial charge in [0.2, 0.25) is 0 Å². The van der Waals surface area contributed by atoms with Crippen LogP contribution < -0.4 is 0 Å². The van der Waals surface area contributed by atoms with E-state index in [9.17, 15) is 0 Å². The van der Waals surface area contributed by atoms with Gasteiger partial charge in [-0.05, 0) is 30.4 Å². The van der Waals surface area contributed by atoms with E-state index < -0.39 is 0 Å². The second-order valence-corrected chi connectivity index (χ2v) is 8.31. The Balaban J connectivity index is 1.26. The van der Waals surface area contributed by atoms with Gasteiger partial charge in [0.05, 0.1) is 0 Å². The van der Waals surface area contributed by atoms with E-state index in [4.69, 9.17) is 9.51 Å².